The molecule has 4 atom stereocenters. The molecule has 31 heavy (non-hydrogen) atoms. The third-order valence-electron chi connectivity index (χ3n) is 6.28. The zero-order valence-corrected chi connectivity index (χ0v) is 20.1. The first-order valence-electron chi connectivity index (χ1n) is 13.1. The van der Waals surface area contributed by atoms with Crippen molar-refractivity contribution >= 4 is 0 Å². The van der Waals surface area contributed by atoms with Crippen LogP contribution < -0.4 is 0 Å². The molecule has 1 aliphatic rings. The first-order chi connectivity index (χ1) is 15.2. The summed E-state index contributed by atoms with van der Waals surface area (Å²) in [5, 5.41) is 29.0. The van der Waals surface area contributed by atoms with E-state index in [9.17, 15) is 15.3 Å². The van der Waals surface area contributed by atoms with Gasteiger partial charge in [-0.1, -0.05) is 109 Å². The molecular formula is C26H50O5. The standard InChI is InChI=1S/C26H50O5/c1-2-3-4-5-6-7-8-9-10-11-12-13-14-15-16-17-18-19-20-30-26-24(21-27)31-22-23(28)25(26)29/h18-19,23-29H,2-17,20-22H2,1H3/b19-18+/t23-,24+,25+,26+/m0/s1. The van der Waals surface area contributed by atoms with Crippen LogP contribution in [0, 0.1) is 0 Å². The van der Waals surface area contributed by atoms with Crippen LogP contribution in [-0.2, 0) is 9.47 Å². The van der Waals surface area contributed by atoms with Crippen molar-refractivity contribution in [3.8, 4) is 0 Å². The van der Waals surface area contributed by atoms with Gasteiger partial charge in [-0.3, -0.25) is 0 Å². The number of rotatable bonds is 20. The quantitative estimate of drug-likeness (QED) is 0.176. The lowest BCUT2D eigenvalue weighted by molar-refractivity contribution is -0.208. The van der Waals surface area contributed by atoms with E-state index in [4.69, 9.17) is 9.47 Å². The van der Waals surface area contributed by atoms with Crippen LogP contribution in [0.25, 0.3) is 0 Å². The van der Waals surface area contributed by atoms with Gasteiger partial charge in [-0.15, -0.1) is 0 Å². The molecule has 1 saturated heterocycles. The Balaban J connectivity index is 1.85. The molecule has 3 N–H and O–H groups in total. The Bertz CT molecular complexity index is 413. The van der Waals surface area contributed by atoms with Gasteiger partial charge in [-0.05, 0) is 12.8 Å². The van der Waals surface area contributed by atoms with Crippen molar-refractivity contribution in [3.05, 3.63) is 12.2 Å². The van der Waals surface area contributed by atoms with E-state index < -0.39 is 24.4 Å². The highest BCUT2D eigenvalue weighted by molar-refractivity contribution is 4.89. The minimum Gasteiger partial charge on any atom is -0.394 e. The fourth-order valence-electron chi connectivity index (χ4n) is 4.20. The van der Waals surface area contributed by atoms with Crippen molar-refractivity contribution in [2.75, 3.05) is 19.8 Å². The van der Waals surface area contributed by atoms with Gasteiger partial charge in [0.05, 0.1) is 19.8 Å². The highest BCUT2D eigenvalue weighted by Crippen LogP contribution is 2.19. The van der Waals surface area contributed by atoms with E-state index in [1.54, 1.807) is 0 Å². The van der Waals surface area contributed by atoms with Crippen LogP contribution in [0.3, 0.4) is 0 Å². The van der Waals surface area contributed by atoms with Gasteiger partial charge in [0.2, 0.25) is 0 Å². The number of hydrogen-bond donors (Lipinski definition) is 3. The maximum atomic E-state index is 10.0. The molecule has 1 fully saturated rings. The fraction of sp³-hybridized carbons (Fsp3) is 0.923. The van der Waals surface area contributed by atoms with Gasteiger partial charge in [-0.25, -0.2) is 0 Å². The highest BCUT2D eigenvalue weighted by atomic mass is 16.6. The molecule has 0 aromatic heterocycles. The van der Waals surface area contributed by atoms with Crippen molar-refractivity contribution in [1.82, 2.24) is 0 Å². The predicted octanol–water partition coefficient (Wildman–Crippen LogP) is 5.30. The summed E-state index contributed by atoms with van der Waals surface area (Å²) in [7, 11) is 0. The average molecular weight is 443 g/mol. The van der Waals surface area contributed by atoms with E-state index in [2.05, 4.69) is 13.0 Å². The first-order valence-corrected chi connectivity index (χ1v) is 13.1. The SMILES string of the molecule is CCCCCCCCCCCCCCCCC/C=C/CO[C@H]1[C@H](O)[C@@H](O)CO[C@@H]1CO. The van der Waals surface area contributed by atoms with Crippen LogP contribution in [-0.4, -0.2) is 59.6 Å². The van der Waals surface area contributed by atoms with Crippen molar-refractivity contribution < 1.29 is 24.8 Å². The topological polar surface area (TPSA) is 79.2 Å². The Hall–Kier alpha value is -0.460. The van der Waals surface area contributed by atoms with E-state index >= 15 is 0 Å². The van der Waals surface area contributed by atoms with Gasteiger partial charge in [0, 0.05) is 0 Å². The monoisotopic (exact) mass is 442 g/mol. The van der Waals surface area contributed by atoms with Crippen LogP contribution >= 0.6 is 0 Å². The average Bonchev–Trinajstić information content (AvgIpc) is 2.78. The molecule has 0 aliphatic carbocycles. The second kappa shape index (κ2) is 20.2. The molecule has 0 unspecified atom stereocenters. The summed E-state index contributed by atoms with van der Waals surface area (Å²) in [6.45, 7) is 2.43. The predicted molar refractivity (Wildman–Crippen MR) is 127 cm³/mol. The third-order valence-corrected chi connectivity index (χ3v) is 6.28. The molecule has 5 heteroatoms. The molecule has 0 aromatic carbocycles. The summed E-state index contributed by atoms with van der Waals surface area (Å²) in [4.78, 5) is 0. The van der Waals surface area contributed by atoms with Crippen molar-refractivity contribution in [2.24, 2.45) is 0 Å². The van der Waals surface area contributed by atoms with E-state index in [1.165, 1.54) is 96.3 Å². The minimum atomic E-state index is -1.02. The summed E-state index contributed by atoms with van der Waals surface area (Å²) in [6.07, 6.45) is 22.5. The number of allylic oxidation sites excluding steroid dienone is 1. The minimum absolute atomic E-state index is 0.0291. The van der Waals surface area contributed by atoms with Gasteiger partial charge in [0.1, 0.15) is 24.4 Å². The number of aliphatic hydroxyl groups is 3. The molecule has 184 valence electrons. The molecule has 0 aromatic rings. The van der Waals surface area contributed by atoms with Gasteiger partial charge < -0.3 is 24.8 Å². The Morgan fingerprint density at radius 3 is 1.81 bits per heavy atom. The zero-order valence-electron chi connectivity index (χ0n) is 20.1. The lowest BCUT2D eigenvalue weighted by atomic mass is 10.0. The Kier molecular flexibility index (Phi) is 18.6. The van der Waals surface area contributed by atoms with Crippen molar-refractivity contribution in [2.45, 2.75) is 134 Å². The maximum absolute atomic E-state index is 10.0. The molecule has 0 saturated carbocycles. The zero-order chi connectivity index (χ0) is 22.6. The van der Waals surface area contributed by atoms with E-state index in [-0.39, 0.29) is 13.2 Å². The number of ether oxygens (including phenoxy) is 2. The van der Waals surface area contributed by atoms with Gasteiger partial charge in [-0.2, -0.15) is 0 Å². The second-order valence-corrected chi connectivity index (χ2v) is 9.12. The van der Waals surface area contributed by atoms with Crippen LogP contribution in [0.2, 0.25) is 0 Å². The van der Waals surface area contributed by atoms with Crippen LogP contribution in [0.1, 0.15) is 110 Å². The lowest BCUT2D eigenvalue weighted by Crippen LogP contribution is -2.55. The molecule has 0 bridgehead atoms. The number of hydrogen-bond acceptors (Lipinski definition) is 5. The number of aliphatic hydroxyl groups excluding tert-OH is 3. The van der Waals surface area contributed by atoms with Crippen molar-refractivity contribution in [3.63, 3.8) is 0 Å². The summed E-state index contributed by atoms with van der Waals surface area (Å²) in [5.74, 6) is 0. The third kappa shape index (κ3) is 14.3. The summed E-state index contributed by atoms with van der Waals surface area (Å²) in [5.41, 5.74) is 0. The Morgan fingerprint density at radius 2 is 1.29 bits per heavy atom. The van der Waals surface area contributed by atoms with Crippen molar-refractivity contribution in [1.29, 1.82) is 0 Å². The van der Waals surface area contributed by atoms with E-state index in [0.29, 0.717) is 6.61 Å². The molecule has 1 aliphatic heterocycles. The second-order valence-electron chi connectivity index (χ2n) is 9.12. The van der Waals surface area contributed by atoms with E-state index in [0.717, 1.165) is 6.42 Å². The van der Waals surface area contributed by atoms with Crippen LogP contribution in [0.15, 0.2) is 12.2 Å². The number of unbranched alkanes of at least 4 members (excludes halogenated alkanes) is 15. The normalized spacial score (nSPS) is 24.3. The maximum Gasteiger partial charge on any atom is 0.115 e. The Labute approximate surface area is 191 Å². The summed E-state index contributed by atoms with van der Waals surface area (Å²) >= 11 is 0. The van der Waals surface area contributed by atoms with Crippen LogP contribution in [0.4, 0.5) is 0 Å². The Morgan fingerprint density at radius 1 is 0.774 bits per heavy atom. The molecular weight excluding hydrogens is 392 g/mol. The molecule has 1 rings (SSSR count). The van der Waals surface area contributed by atoms with Gasteiger partial charge in [0.15, 0.2) is 0 Å². The fourth-order valence-corrected chi connectivity index (χ4v) is 4.20. The molecule has 0 amide bonds. The molecule has 0 radical (unpaired) electrons. The summed E-state index contributed by atoms with van der Waals surface area (Å²) < 4.78 is 10.9. The lowest BCUT2D eigenvalue weighted by Gasteiger charge is -2.37. The smallest absolute Gasteiger partial charge is 0.115 e. The molecule has 0 spiro atoms. The highest BCUT2D eigenvalue weighted by Gasteiger charge is 2.38. The van der Waals surface area contributed by atoms with Gasteiger partial charge >= 0.3 is 0 Å². The summed E-state index contributed by atoms with van der Waals surface area (Å²) in [6, 6.07) is 0. The van der Waals surface area contributed by atoms with Crippen LogP contribution in [0.5, 0.6) is 0 Å². The van der Waals surface area contributed by atoms with E-state index in [1.807, 2.05) is 6.08 Å². The first kappa shape index (κ1) is 28.6. The van der Waals surface area contributed by atoms with Gasteiger partial charge in [0.25, 0.3) is 0 Å². The largest absolute Gasteiger partial charge is 0.394 e. The molecule has 1 heterocycles. The molecule has 5 nitrogen and oxygen atoms in total.